The molecule has 0 N–H and O–H groups in total. The summed E-state index contributed by atoms with van der Waals surface area (Å²) in [5.74, 6) is 0.796. The van der Waals surface area contributed by atoms with Crippen LogP contribution in [0.3, 0.4) is 0 Å². The van der Waals surface area contributed by atoms with Crippen LogP contribution < -0.4 is 0 Å². The van der Waals surface area contributed by atoms with Gasteiger partial charge >= 0.3 is 0 Å². The van der Waals surface area contributed by atoms with Gasteiger partial charge in [0.15, 0.2) is 0 Å². The number of allylic oxidation sites excluding steroid dienone is 7. The van der Waals surface area contributed by atoms with Crippen molar-refractivity contribution >= 4 is 44.5 Å². The Hall–Kier alpha value is -4.82. The van der Waals surface area contributed by atoms with Gasteiger partial charge in [0.2, 0.25) is 0 Å². The molecule has 6 aromatic rings. The molecule has 2 aromatic heterocycles. The second-order valence-electron chi connectivity index (χ2n) is 13.7. The number of hydrogen-bond donors (Lipinski definition) is 0. The second-order valence-corrected chi connectivity index (χ2v) is 13.7. The van der Waals surface area contributed by atoms with Crippen molar-refractivity contribution in [2.45, 2.75) is 45.6 Å². The fourth-order valence-corrected chi connectivity index (χ4v) is 8.93. The summed E-state index contributed by atoms with van der Waals surface area (Å²) < 4.78 is 9.30. The molecule has 45 heavy (non-hydrogen) atoms. The van der Waals surface area contributed by atoms with E-state index in [0.29, 0.717) is 11.8 Å². The number of nitrogens with zero attached hydrogens (tertiary/aromatic N) is 1. The van der Waals surface area contributed by atoms with Crippen molar-refractivity contribution in [3.63, 3.8) is 0 Å². The molecule has 4 aliphatic rings. The van der Waals surface area contributed by atoms with Gasteiger partial charge in [0, 0.05) is 32.9 Å². The standard InChI is InChI=1S/C43H35NO/c1-25-18-19-32-36(20-25)37(34-15-9-14-33-31-13-6-8-17-41(31)45-43(33)34)21-26(2)42(32)44-39-16-7-5-12-30(39)38-24-35-28(23-40(38)44)22-27-10-3-4-11-29(27)35/h3-4,6-11,13-19,21,23-26,42H,5,12,20,22H2,1-2H3. The number of benzene rings is 4. The molecule has 2 heterocycles. The number of hydrogen-bond acceptors (Lipinski definition) is 1. The van der Waals surface area contributed by atoms with Gasteiger partial charge in [0.1, 0.15) is 11.2 Å². The molecule has 0 aliphatic heterocycles. The average Bonchev–Trinajstić information content (AvgIpc) is 3.73. The Morgan fingerprint density at radius 3 is 2.58 bits per heavy atom. The lowest BCUT2D eigenvalue weighted by atomic mass is 9.73. The first-order valence-corrected chi connectivity index (χ1v) is 16.6. The molecule has 3 unspecified atom stereocenters. The molecule has 0 spiro atoms. The maximum atomic E-state index is 6.58. The highest BCUT2D eigenvalue weighted by molar-refractivity contribution is 6.09. The smallest absolute Gasteiger partial charge is 0.143 e. The van der Waals surface area contributed by atoms with Crippen LogP contribution in [0.5, 0.6) is 0 Å². The van der Waals surface area contributed by atoms with Gasteiger partial charge in [0.05, 0.1) is 6.04 Å². The average molecular weight is 582 g/mol. The Morgan fingerprint density at radius 1 is 0.778 bits per heavy atom. The van der Waals surface area contributed by atoms with E-state index >= 15 is 0 Å². The molecule has 0 fully saturated rings. The van der Waals surface area contributed by atoms with Crippen LogP contribution in [0.25, 0.3) is 55.6 Å². The molecular formula is C43H35NO. The largest absolute Gasteiger partial charge is 0.455 e. The predicted molar refractivity (Wildman–Crippen MR) is 187 cm³/mol. The summed E-state index contributed by atoms with van der Waals surface area (Å²) in [7, 11) is 0. The molecule has 0 radical (unpaired) electrons. The van der Waals surface area contributed by atoms with E-state index in [1.54, 1.807) is 0 Å². The third-order valence-electron chi connectivity index (χ3n) is 10.9. The first-order chi connectivity index (χ1) is 22.1. The van der Waals surface area contributed by atoms with Crippen molar-refractivity contribution in [1.29, 1.82) is 0 Å². The van der Waals surface area contributed by atoms with Crippen LogP contribution in [0.1, 0.15) is 60.7 Å². The highest BCUT2D eigenvalue weighted by Crippen LogP contribution is 2.51. The molecule has 0 amide bonds. The van der Waals surface area contributed by atoms with E-state index in [-0.39, 0.29) is 6.04 Å². The topological polar surface area (TPSA) is 18.1 Å². The minimum Gasteiger partial charge on any atom is -0.455 e. The maximum Gasteiger partial charge on any atom is 0.143 e. The van der Waals surface area contributed by atoms with Crippen LogP contribution in [0.15, 0.2) is 119 Å². The Balaban J connectivity index is 1.20. The Morgan fingerprint density at radius 2 is 1.62 bits per heavy atom. The van der Waals surface area contributed by atoms with E-state index in [1.807, 2.05) is 0 Å². The minimum atomic E-state index is 0.234. The van der Waals surface area contributed by atoms with Gasteiger partial charge in [0.25, 0.3) is 0 Å². The molecular weight excluding hydrogens is 546 g/mol. The van der Waals surface area contributed by atoms with Gasteiger partial charge in [-0.15, -0.1) is 0 Å². The molecule has 2 nitrogen and oxygen atoms in total. The number of furan rings is 1. The summed E-state index contributed by atoms with van der Waals surface area (Å²) >= 11 is 0. The van der Waals surface area contributed by atoms with Gasteiger partial charge in [-0.2, -0.15) is 0 Å². The molecule has 4 aromatic carbocycles. The van der Waals surface area contributed by atoms with E-state index in [4.69, 9.17) is 4.42 Å². The van der Waals surface area contributed by atoms with Crippen molar-refractivity contribution in [2.75, 3.05) is 0 Å². The molecule has 3 atom stereocenters. The third-order valence-corrected chi connectivity index (χ3v) is 10.9. The van der Waals surface area contributed by atoms with Gasteiger partial charge < -0.3 is 8.98 Å². The molecule has 0 saturated heterocycles. The first-order valence-electron chi connectivity index (χ1n) is 16.6. The van der Waals surface area contributed by atoms with E-state index in [1.165, 1.54) is 77.5 Å². The summed E-state index contributed by atoms with van der Waals surface area (Å²) in [5, 5.41) is 3.83. The predicted octanol–water partition coefficient (Wildman–Crippen LogP) is 11.2. The van der Waals surface area contributed by atoms with Gasteiger partial charge in [-0.3, -0.25) is 0 Å². The lowest BCUT2D eigenvalue weighted by molar-refractivity contribution is 0.469. The molecule has 218 valence electrons. The van der Waals surface area contributed by atoms with Crippen molar-refractivity contribution in [1.82, 2.24) is 4.57 Å². The monoisotopic (exact) mass is 581 g/mol. The van der Waals surface area contributed by atoms with Crippen molar-refractivity contribution in [3.05, 3.63) is 142 Å². The van der Waals surface area contributed by atoms with Gasteiger partial charge in [-0.1, -0.05) is 98.8 Å². The van der Waals surface area contributed by atoms with Crippen molar-refractivity contribution in [3.8, 4) is 11.1 Å². The molecule has 0 bridgehead atoms. The summed E-state index contributed by atoms with van der Waals surface area (Å²) in [6.07, 6.45) is 16.5. The van der Waals surface area contributed by atoms with Crippen LogP contribution >= 0.6 is 0 Å². The van der Waals surface area contributed by atoms with Crippen LogP contribution in [0.4, 0.5) is 0 Å². The van der Waals surface area contributed by atoms with E-state index in [0.717, 1.165) is 36.8 Å². The summed E-state index contributed by atoms with van der Waals surface area (Å²) in [4.78, 5) is 0. The molecule has 2 heteroatoms. The third kappa shape index (κ3) is 3.57. The number of fused-ring (bicyclic) bond motifs is 9. The van der Waals surface area contributed by atoms with E-state index in [2.05, 4.69) is 128 Å². The quantitative estimate of drug-likeness (QED) is 0.199. The van der Waals surface area contributed by atoms with E-state index in [9.17, 15) is 0 Å². The van der Waals surface area contributed by atoms with Gasteiger partial charge in [-0.05, 0) is 106 Å². The van der Waals surface area contributed by atoms with Crippen LogP contribution in [0, 0.1) is 11.8 Å². The van der Waals surface area contributed by atoms with Gasteiger partial charge in [-0.25, -0.2) is 0 Å². The highest BCUT2D eigenvalue weighted by atomic mass is 16.3. The minimum absolute atomic E-state index is 0.234. The molecule has 10 rings (SSSR count). The number of rotatable bonds is 2. The lowest BCUT2D eigenvalue weighted by Gasteiger charge is -2.37. The summed E-state index contributed by atoms with van der Waals surface area (Å²) in [5.41, 5.74) is 17.5. The van der Waals surface area contributed by atoms with E-state index < -0.39 is 0 Å². The Kier molecular flexibility index (Phi) is 5.30. The normalized spacial score (nSPS) is 21.7. The number of aryl methyl sites for hydroxylation is 1. The zero-order chi connectivity index (χ0) is 29.8. The maximum absolute atomic E-state index is 6.58. The van der Waals surface area contributed by atoms with Crippen molar-refractivity contribution in [2.24, 2.45) is 11.8 Å². The number of aromatic nitrogens is 1. The van der Waals surface area contributed by atoms with Crippen LogP contribution in [0.2, 0.25) is 0 Å². The Bertz CT molecular complexity index is 2370. The zero-order valence-corrected chi connectivity index (χ0v) is 25.8. The highest BCUT2D eigenvalue weighted by Gasteiger charge is 2.36. The van der Waals surface area contributed by atoms with Crippen LogP contribution in [-0.4, -0.2) is 4.57 Å². The summed E-state index contributed by atoms with van der Waals surface area (Å²) in [6.45, 7) is 4.77. The Labute approximate surface area is 263 Å². The SMILES string of the molecule is CC1C=CC2=C(C1)C(c1cccc3c1oc1ccccc13)=CC(C)C2n1c2c(c3cc4c(cc31)Cc1ccccc1-4)CCC=C2. The number of para-hydroxylation sites is 2. The fourth-order valence-electron chi connectivity index (χ4n) is 8.93. The lowest BCUT2D eigenvalue weighted by Crippen LogP contribution is -2.25. The second kappa shape index (κ2) is 9.34. The summed E-state index contributed by atoms with van der Waals surface area (Å²) in [6, 6.07) is 29.4. The van der Waals surface area contributed by atoms with Crippen molar-refractivity contribution < 1.29 is 4.42 Å². The molecule has 4 aliphatic carbocycles. The fraction of sp³-hybridized carbons (Fsp3) is 0.209. The molecule has 0 saturated carbocycles. The van der Waals surface area contributed by atoms with Crippen LogP contribution in [-0.2, 0) is 12.8 Å². The first kappa shape index (κ1) is 25.5. The zero-order valence-electron chi connectivity index (χ0n) is 25.8.